The highest BCUT2D eigenvalue weighted by atomic mass is 35.5. The van der Waals surface area contributed by atoms with Gasteiger partial charge in [0, 0.05) is 11.7 Å². The molecule has 0 radical (unpaired) electrons. The molecule has 1 aromatic heterocycles. The maximum absolute atomic E-state index is 6.16. The maximum Gasteiger partial charge on any atom is 0.498 e. The second-order valence-corrected chi connectivity index (χ2v) is 6.21. The first kappa shape index (κ1) is 14.8. The lowest BCUT2D eigenvalue weighted by Crippen LogP contribution is -2.41. The molecule has 2 heterocycles. The fourth-order valence-electron chi connectivity index (χ4n) is 1.95. The molecule has 1 fully saturated rings. The van der Waals surface area contributed by atoms with E-state index in [1.807, 2.05) is 33.8 Å². The predicted molar refractivity (Wildman–Crippen MR) is 77.7 cm³/mol. The van der Waals surface area contributed by atoms with Gasteiger partial charge in [-0.25, -0.2) is 4.98 Å². The van der Waals surface area contributed by atoms with E-state index in [-0.39, 0.29) is 11.2 Å². The molecule has 1 aliphatic heterocycles. The molecule has 0 bridgehead atoms. The van der Waals surface area contributed by atoms with Crippen molar-refractivity contribution in [3.05, 3.63) is 23.0 Å². The summed E-state index contributed by atoms with van der Waals surface area (Å²) in [5.41, 5.74) is 6.61. The number of aromatic nitrogens is 1. The van der Waals surface area contributed by atoms with E-state index in [0.717, 1.165) is 17.4 Å². The Balaban J connectivity index is 2.31. The largest absolute Gasteiger partial charge is 0.498 e. The smallest absolute Gasteiger partial charge is 0.399 e. The minimum atomic E-state index is -0.484. The molecule has 6 heteroatoms. The van der Waals surface area contributed by atoms with Crippen molar-refractivity contribution >= 4 is 24.2 Å². The zero-order chi connectivity index (χ0) is 14.3. The second kappa shape index (κ2) is 5.06. The van der Waals surface area contributed by atoms with Gasteiger partial charge in [0.15, 0.2) is 0 Å². The molecule has 2 N–H and O–H groups in total. The number of pyridine rings is 1. The normalized spacial score (nSPS) is 20.8. The van der Waals surface area contributed by atoms with Crippen LogP contribution in [0.1, 0.15) is 33.3 Å². The fourth-order valence-corrected chi connectivity index (χ4v) is 2.14. The minimum absolute atomic E-state index is 0.384. The summed E-state index contributed by atoms with van der Waals surface area (Å²) in [6.07, 6.45) is 2.50. The zero-order valence-electron chi connectivity index (χ0n) is 11.9. The van der Waals surface area contributed by atoms with Crippen molar-refractivity contribution in [1.82, 2.24) is 4.98 Å². The third-order valence-corrected chi connectivity index (χ3v) is 4.18. The Kier molecular flexibility index (Phi) is 3.93. The molecule has 0 unspecified atom stereocenters. The molecule has 0 atom stereocenters. The first-order valence-corrected chi connectivity index (χ1v) is 6.84. The molecule has 1 aliphatic rings. The van der Waals surface area contributed by atoms with Crippen molar-refractivity contribution in [3.8, 4) is 0 Å². The minimum Gasteiger partial charge on any atom is -0.399 e. The topological polar surface area (TPSA) is 57.4 Å². The molecule has 104 valence electrons. The fraction of sp³-hybridized carbons (Fsp3) is 0.615. The van der Waals surface area contributed by atoms with E-state index in [4.69, 9.17) is 26.6 Å². The van der Waals surface area contributed by atoms with Crippen LogP contribution >= 0.6 is 11.6 Å². The van der Waals surface area contributed by atoms with Crippen LogP contribution in [0.15, 0.2) is 12.3 Å². The monoisotopic (exact) mass is 282 g/mol. The Morgan fingerprint density at radius 1 is 1.26 bits per heavy atom. The van der Waals surface area contributed by atoms with Gasteiger partial charge in [-0.15, -0.1) is 0 Å². The summed E-state index contributed by atoms with van der Waals surface area (Å²) in [4.78, 5) is 4.19. The Morgan fingerprint density at radius 3 is 2.37 bits per heavy atom. The molecule has 0 saturated carbocycles. The predicted octanol–water partition coefficient (Wildman–Crippen LogP) is 1.54. The number of hydrogen-bond acceptors (Lipinski definition) is 4. The Morgan fingerprint density at radius 2 is 1.84 bits per heavy atom. The SMILES string of the molecule is CC1(C)OB(c2cc(CCN)cnc2Cl)OC1(C)C. The summed E-state index contributed by atoms with van der Waals surface area (Å²) >= 11 is 6.16. The van der Waals surface area contributed by atoms with Crippen LogP contribution in [0.25, 0.3) is 0 Å². The lowest BCUT2D eigenvalue weighted by molar-refractivity contribution is 0.00578. The van der Waals surface area contributed by atoms with Gasteiger partial charge in [0.25, 0.3) is 0 Å². The van der Waals surface area contributed by atoms with Crippen molar-refractivity contribution in [2.45, 2.75) is 45.3 Å². The highest BCUT2D eigenvalue weighted by Gasteiger charge is 2.52. The van der Waals surface area contributed by atoms with E-state index in [0.29, 0.717) is 11.7 Å². The van der Waals surface area contributed by atoms with Crippen LogP contribution in [0.2, 0.25) is 5.15 Å². The van der Waals surface area contributed by atoms with Gasteiger partial charge in [-0.2, -0.15) is 0 Å². The van der Waals surface area contributed by atoms with Crippen LogP contribution < -0.4 is 11.2 Å². The van der Waals surface area contributed by atoms with Gasteiger partial charge in [-0.3, -0.25) is 0 Å². The molecule has 0 aromatic carbocycles. The lowest BCUT2D eigenvalue weighted by Gasteiger charge is -2.32. The molecule has 19 heavy (non-hydrogen) atoms. The molecule has 2 rings (SSSR count). The van der Waals surface area contributed by atoms with Gasteiger partial charge in [-0.1, -0.05) is 17.7 Å². The molecular weight excluding hydrogens is 262 g/mol. The van der Waals surface area contributed by atoms with Crippen molar-refractivity contribution in [2.24, 2.45) is 5.73 Å². The maximum atomic E-state index is 6.16. The van der Waals surface area contributed by atoms with Crippen LogP contribution in [0, 0.1) is 0 Å². The van der Waals surface area contributed by atoms with Crippen molar-refractivity contribution < 1.29 is 9.31 Å². The average Bonchev–Trinajstić information content (AvgIpc) is 2.51. The van der Waals surface area contributed by atoms with E-state index >= 15 is 0 Å². The standard InChI is InChI=1S/C13H20BClN2O2/c1-12(2)13(3,4)19-14(18-12)10-7-9(5-6-16)8-17-11(10)15/h7-8H,5-6,16H2,1-4H3. The molecule has 4 nitrogen and oxygen atoms in total. The van der Waals surface area contributed by atoms with Gasteiger partial charge in [0.1, 0.15) is 5.15 Å². The third-order valence-electron chi connectivity index (χ3n) is 3.86. The summed E-state index contributed by atoms with van der Waals surface area (Å²) in [5.74, 6) is 0. The van der Waals surface area contributed by atoms with Crippen molar-refractivity contribution in [2.75, 3.05) is 6.54 Å². The highest BCUT2D eigenvalue weighted by molar-refractivity contribution is 6.65. The molecule has 0 aliphatic carbocycles. The van der Waals surface area contributed by atoms with E-state index in [1.54, 1.807) is 6.20 Å². The summed E-state index contributed by atoms with van der Waals surface area (Å²) < 4.78 is 12.0. The number of hydrogen-bond donors (Lipinski definition) is 1. The molecule has 0 spiro atoms. The molecule has 0 amide bonds. The van der Waals surface area contributed by atoms with Gasteiger partial charge >= 0.3 is 7.12 Å². The van der Waals surface area contributed by atoms with Crippen LogP contribution in [-0.4, -0.2) is 29.8 Å². The van der Waals surface area contributed by atoms with Gasteiger partial charge in [0.2, 0.25) is 0 Å². The van der Waals surface area contributed by atoms with Crippen LogP contribution in [-0.2, 0) is 15.7 Å². The van der Waals surface area contributed by atoms with Crippen LogP contribution in [0.4, 0.5) is 0 Å². The zero-order valence-corrected chi connectivity index (χ0v) is 12.6. The van der Waals surface area contributed by atoms with E-state index in [1.165, 1.54) is 0 Å². The van der Waals surface area contributed by atoms with E-state index < -0.39 is 7.12 Å². The van der Waals surface area contributed by atoms with E-state index in [2.05, 4.69) is 4.98 Å². The number of halogens is 1. The number of nitrogens with two attached hydrogens (primary N) is 1. The van der Waals surface area contributed by atoms with Gasteiger partial charge in [-0.05, 0) is 46.2 Å². The second-order valence-electron chi connectivity index (χ2n) is 5.85. The summed E-state index contributed by atoms with van der Waals surface area (Å²) in [7, 11) is -0.484. The third kappa shape index (κ3) is 2.79. The average molecular weight is 283 g/mol. The first-order valence-electron chi connectivity index (χ1n) is 6.47. The first-order chi connectivity index (χ1) is 8.77. The van der Waals surface area contributed by atoms with Crippen LogP contribution in [0.3, 0.4) is 0 Å². The number of nitrogens with zero attached hydrogens (tertiary/aromatic N) is 1. The molecular formula is C13H20BClN2O2. The Labute approximate surface area is 119 Å². The van der Waals surface area contributed by atoms with E-state index in [9.17, 15) is 0 Å². The van der Waals surface area contributed by atoms with Crippen LogP contribution in [0.5, 0.6) is 0 Å². The lowest BCUT2D eigenvalue weighted by atomic mass is 9.79. The Bertz CT molecular complexity index is 464. The van der Waals surface area contributed by atoms with Crippen molar-refractivity contribution in [1.29, 1.82) is 0 Å². The highest BCUT2D eigenvalue weighted by Crippen LogP contribution is 2.36. The number of rotatable bonds is 3. The van der Waals surface area contributed by atoms with Gasteiger partial charge < -0.3 is 15.0 Å². The molecule has 1 aromatic rings. The summed E-state index contributed by atoms with van der Waals surface area (Å²) in [5, 5.41) is 0.416. The summed E-state index contributed by atoms with van der Waals surface area (Å²) in [6, 6.07) is 1.96. The quantitative estimate of drug-likeness (QED) is 0.675. The van der Waals surface area contributed by atoms with Gasteiger partial charge in [0.05, 0.1) is 11.2 Å². The van der Waals surface area contributed by atoms with Crippen molar-refractivity contribution in [3.63, 3.8) is 0 Å². The summed E-state index contributed by atoms with van der Waals surface area (Å²) in [6.45, 7) is 8.62. The Hall–Kier alpha value is -0.615. The molecule has 1 saturated heterocycles.